The predicted molar refractivity (Wildman–Crippen MR) is 116 cm³/mol. The van der Waals surface area contributed by atoms with Gasteiger partial charge in [0.05, 0.1) is 11.1 Å². The van der Waals surface area contributed by atoms with Crippen LogP contribution in [0.1, 0.15) is 34.3 Å². The van der Waals surface area contributed by atoms with E-state index in [2.05, 4.69) is 16.0 Å². The molecule has 0 saturated carbocycles. The van der Waals surface area contributed by atoms with Crippen molar-refractivity contribution >= 4 is 16.8 Å². The molecule has 3 aromatic rings. The number of carbonyl (C=O) groups is 1. The summed E-state index contributed by atoms with van der Waals surface area (Å²) in [5, 5.41) is 1.13. The van der Waals surface area contributed by atoms with Gasteiger partial charge in [-0.05, 0) is 61.2 Å². The number of fused-ring (bicyclic) bond motifs is 2. The summed E-state index contributed by atoms with van der Waals surface area (Å²) in [5.41, 5.74) is 1.49. The molecule has 0 unspecified atom stereocenters. The van der Waals surface area contributed by atoms with Gasteiger partial charge in [-0.15, -0.1) is 0 Å². The Morgan fingerprint density at radius 1 is 1.06 bits per heavy atom. The fourth-order valence-electron chi connectivity index (χ4n) is 5.16. The Morgan fingerprint density at radius 2 is 1.91 bits per heavy atom. The van der Waals surface area contributed by atoms with Gasteiger partial charge in [-0.1, -0.05) is 24.3 Å². The van der Waals surface area contributed by atoms with Gasteiger partial charge in [-0.2, -0.15) is 13.2 Å². The first-order valence-electron chi connectivity index (χ1n) is 10.9. The van der Waals surface area contributed by atoms with Crippen LogP contribution < -0.4 is 0 Å². The summed E-state index contributed by atoms with van der Waals surface area (Å²) in [6.45, 7) is 2.86. The van der Waals surface area contributed by atoms with Crippen molar-refractivity contribution in [2.75, 3.05) is 19.6 Å². The minimum atomic E-state index is -4.46. The average Bonchev–Trinajstić information content (AvgIpc) is 3.24. The first kappa shape index (κ1) is 20.9. The number of amides is 1. The number of benzene rings is 2. The highest BCUT2D eigenvalue weighted by Gasteiger charge is 2.41. The molecule has 2 atom stereocenters. The Morgan fingerprint density at radius 3 is 2.75 bits per heavy atom. The number of pyridine rings is 1. The average molecular weight is 439 g/mol. The van der Waals surface area contributed by atoms with Gasteiger partial charge in [0.1, 0.15) is 0 Å². The lowest BCUT2D eigenvalue weighted by Crippen LogP contribution is -2.44. The second kappa shape index (κ2) is 8.20. The summed E-state index contributed by atoms with van der Waals surface area (Å²) in [6, 6.07) is 15.1. The van der Waals surface area contributed by atoms with Gasteiger partial charge in [0.2, 0.25) is 0 Å². The van der Waals surface area contributed by atoms with Gasteiger partial charge in [0, 0.05) is 42.8 Å². The third kappa shape index (κ3) is 3.97. The van der Waals surface area contributed by atoms with Crippen LogP contribution in [0.2, 0.25) is 0 Å². The number of halogens is 3. The number of para-hydroxylation sites is 1. The number of carbonyl (C=O) groups excluding carboxylic acids is 1. The SMILES string of the molecule is O=C(c1cccc(C(F)(F)F)c1)N1C[C@H]2CCCN(Cc3ccnc4ccccc34)[C@H]2C1. The minimum absolute atomic E-state index is 0.102. The lowest BCUT2D eigenvalue weighted by atomic mass is 9.91. The Labute approximate surface area is 184 Å². The van der Waals surface area contributed by atoms with E-state index in [1.54, 1.807) is 4.90 Å². The standard InChI is InChI=1S/C25H24F3N3O/c26-25(27,28)20-7-3-5-17(13-20)24(32)31-15-19-6-4-12-30(23(19)16-31)14-18-10-11-29-22-9-2-1-8-21(18)22/h1-3,5,7-11,13,19,23H,4,6,12,14-16H2/t19-,23+/m1/s1. The molecule has 7 heteroatoms. The molecular weight excluding hydrogens is 415 g/mol. The van der Waals surface area contributed by atoms with E-state index in [4.69, 9.17) is 0 Å². The van der Waals surface area contributed by atoms with Crippen LogP contribution in [-0.4, -0.2) is 46.4 Å². The highest BCUT2D eigenvalue weighted by atomic mass is 19.4. The van der Waals surface area contributed by atoms with Crippen molar-refractivity contribution in [3.8, 4) is 0 Å². The third-order valence-corrected chi connectivity index (χ3v) is 6.73. The summed E-state index contributed by atoms with van der Waals surface area (Å²) >= 11 is 0. The molecule has 0 radical (unpaired) electrons. The van der Waals surface area contributed by atoms with Crippen LogP contribution in [-0.2, 0) is 12.7 Å². The van der Waals surface area contributed by atoms with Gasteiger partial charge in [-0.25, -0.2) is 0 Å². The van der Waals surface area contributed by atoms with E-state index in [-0.39, 0.29) is 17.5 Å². The van der Waals surface area contributed by atoms with Gasteiger partial charge >= 0.3 is 6.18 Å². The number of likely N-dealkylation sites (tertiary alicyclic amines) is 2. The molecule has 2 aliphatic rings. The molecule has 0 aliphatic carbocycles. The lowest BCUT2D eigenvalue weighted by Gasteiger charge is -2.37. The first-order chi connectivity index (χ1) is 15.4. The van der Waals surface area contributed by atoms with Gasteiger partial charge in [0.15, 0.2) is 0 Å². The Hall–Kier alpha value is -2.93. The quantitative estimate of drug-likeness (QED) is 0.577. The predicted octanol–water partition coefficient (Wildman–Crippen LogP) is 4.99. The monoisotopic (exact) mass is 439 g/mol. The third-order valence-electron chi connectivity index (χ3n) is 6.73. The normalized spacial score (nSPS) is 21.7. The van der Waals surface area contributed by atoms with Crippen LogP contribution >= 0.6 is 0 Å². The van der Waals surface area contributed by atoms with Crippen LogP contribution in [0.3, 0.4) is 0 Å². The Kier molecular flexibility index (Phi) is 5.37. The topological polar surface area (TPSA) is 36.4 Å². The summed E-state index contributed by atoms with van der Waals surface area (Å²) in [5.74, 6) is 0.0198. The summed E-state index contributed by atoms with van der Waals surface area (Å²) < 4.78 is 39.3. The van der Waals surface area contributed by atoms with Crippen molar-refractivity contribution in [1.29, 1.82) is 0 Å². The molecule has 1 amide bonds. The molecule has 4 nitrogen and oxygen atoms in total. The zero-order valence-corrected chi connectivity index (χ0v) is 17.6. The number of aromatic nitrogens is 1. The molecule has 3 heterocycles. The summed E-state index contributed by atoms with van der Waals surface area (Å²) in [4.78, 5) is 21.6. The molecule has 2 saturated heterocycles. The van der Waals surface area contributed by atoms with Gasteiger partial charge < -0.3 is 4.90 Å². The number of alkyl halides is 3. The molecule has 0 bridgehead atoms. The van der Waals surface area contributed by atoms with E-state index in [1.807, 2.05) is 30.5 Å². The van der Waals surface area contributed by atoms with Crippen molar-refractivity contribution in [3.05, 3.63) is 77.5 Å². The van der Waals surface area contributed by atoms with Crippen LogP contribution in [0.4, 0.5) is 13.2 Å². The minimum Gasteiger partial charge on any atom is -0.337 e. The Balaban J connectivity index is 1.35. The zero-order chi connectivity index (χ0) is 22.3. The molecule has 2 aliphatic heterocycles. The molecular formula is C25H24F3N3O. The van der Waals surface area contributed by atoms with E-state index in [1.165, 1.54) is 17.7 Å². The van der Waals surface area contributed by atoms with Crippen molar-refractivity contribution in [3.63, 3.8) is 0 Å². The lowest BCUT2D eigenvalue weighted by molar-refractivity contribution is -0.137. The second-order valence-corrected chi connectivity index (χ2v) is 8.72. The molecule has 2 aromatic carbocycles. The van der Waals surface area contributed by atoms with Crippen molar-refractivity contribution < 1.29 is 18.0 Å². The smallest absolute Gasteiger partial charge is 0.337 e. The van der Waals surface area contributed by atoms with Crippen molar-refractivity contribution in [2.24, 2.45) is 5.92 Å². The number of rotatable bonds is 3. The summed E-state index contributed by atoms with van der Waals surface area (Å²) in [6.07, 6.45) is -0.545. The van der Waals surface area contributed by atoms with E-state index < -0.39 is 11.7 Å². The second-order valence-electron chi connectivity index (χ2n) is 8.72. The molecule has 32 heavy (non-hydrogen) atoms. The van der Waals surface area contributed by atoms with Crippen LogP contribution in [0.5, 0.6) is 0 Å². The van der Waals surface area contributed by atoms with E-state index in [0.29, 0.717) is 19.0 Å². The fraction of sp³-hybridized carbons (Fsp3) is 0.360. The first-order valence-corrected chi connectivity index (χ1v) is 10.9. The van der Waals surface area contributed by atoms with Gasteiger partial charge in [0.25, 0.3) is 5.91 Å². The highest BCUT2D eigenvalue weighted by Crippen LogP contribution is 2.34. The van der Waals surface area contributed by atoms with Crippen molar-refractivity contribution in [2.45, 2.75) is 31.6 Å². The maximum atomic E-state index is 13.1. The molecule has 5 rings (SSSR count). The molecule has 2 fully saturated rings. The number of hydrogen-bond acceptors (Lipinski definition) is 3. The summed E-state index contributed by atoms with van der Waals surface area (Å²) in [7, 11) is 0. The fourth-order valence-corrected chi connectivity index (χ4v) is 5.16. The maximum Gasteiger partial charge on any atom is 0.416 e. The van der Waals surface area contributed by atoms with Crippen molar-refractivity contribution in [1.82, 2.24) is 14.8 Å². The molecule has 166 valence electrons. The van der Waals surface area contributed by atoms with Crippen LogP contribution in [0, 0.1) is 5.92 Å². The van der Waals surface area contributed by atoms with Crippen LogP contribution in [0.15, 0.2) is 60.8 Å². The van der Waals surface area contributed by atoms with E-state index in [0.717, 1.165) is 49.0 Å². The molecule has 0 spiro atoms. The number of hydrogen-bond donors (Lipinski definition) is 0. The number of piperidine rings is 1. The Bertz CT molecular complexity index is 1140. The largest absolute Gasteiger partial charge is 0.416 e. The molecule has 0 N–H and O–H groups in total. The van der Waals surface area contributed by atoms with E-state index >= 15 is 0 Å². The van der Waals surface area contributed by atoms with Gasteiger partial charge in [-0.3, -0.25) is 14.7 Å². The highest BCUT2D eigenvalue weighted by molar-refractivity contribution is 5.94. The number of nitrogens with zero attached hydrogens (tertiary/aromatic N) is 3. The zero-order valence-electron chi connectivity index (χ0n) is 17.6. The molecule has 1 aromatic heterocycles. The van der Waals surface area contributed by atoms with Crippen LogP contribution in [0.25, 0.3) is 10.9 Å². The maximum absolute atomic E-state index is 13.1. The van der Waals surface area contributed by atoms with E-state index in [9.17, 15) is 18.0 Å².